The number of fused-ring (bicyclic) bond motifs is 1. The Morgan fingerprint density at radius 2 is 2.06 bits per heavy atom. The van der Waals surface area contributed by atoms with Crippen LogP contribution in [0.1, 0.15) is 32.6 Å². The lowest BCUT2D eigenvalue weighted by Crippen LogP contribution is -2.59. The molecule has 0 N–H and O–H groups in total. The summed E-state index contributed by atoms with van der Waals surface area (Å²) >= 11 is 0. The van der Waals surface area contributed by atoms with Crippen LogP contribution in [-0.2, 0) is 9.53 Å². The zero-order chi connectivity index (χ0) is 12.9. The first-order valence-electron chi connectivity index (χ1n) is 6.84. The SMILES string of the molecule is CCOC(=O)CC1(C[N+](=O)[O-])[C@@H]2CC3CC2[C@@H]1C3. The molecular weight excluding hydrogens is 234 g/mol. The summed E-state index contributed by atoms with van der Waals surface area (Å²) in [5.74, 6) is 1.97. The molecule has 5 heteroatoms. The highest BCUT2D eigenvalue weighted by atomic mass is 16.6. The molecule has 0 aromatic rings. The van der Waals surface area contributed by atoms with Crippen LogP contribution in [0, 0.1) is 39.2 Å². The van der Waals surface area contributed by atoms with E-state index in [0.29, 0.717) is 24.4 Å². The molecule has 0 aromatic heterocycles. The molecule has 2 bridgehead atoms. The lowest BCUT2D eigenvalue weighted by molar-refractivity contribution is -0.512. The van der Waals surface area contributed by atoms with Gasteiger partial charge in [0.2, 0.25) is 6.54 Å². The Bertz CT molecular complexity index is 380. The lowest BCUT2D eigenvalue weighted by Gasteiger charge is -2.58. The van der Waals surface area contributed by atoms with E-state index >= 15 is 0 Å². The summed E-state index contributed by atoms with van der Waals surface area (Å²) in [5, 5.41) is 11.0. The van der Waals surface area contributed by atoms with Crippen molar-refractivity contribution in [2.45, 2.75) is 32.6 Å². The second-order valence-corrected chi connectivity index (χ2v) is 6.16. The second-order valence-electron chi connectivity index (χ2n) is 6.16. The van der Waals surface area contributed by atoms with E-state index < -0.39 is 0 Å². The monoisotopic (exact) mass is 253 g/mol. The van der Waals surface area contributed by atoms with Crippen LogP contribution < -0.4 is 0 Å². The lowest BCUT2D eigenvalue weighted by atomic mass is 9.44. The third-order valence-corrected chi connectivity index (χ3v) is 5.49. The van der Waals surface area contributed by atoms with Gasteiger partial charge in [-0.1, -0.05) is 0 Å². The second kappa shape index (κ2) is 3.93. The first-order valence-corrected chi connectivity index (χ1v) is 6.84. The number of carbonyl (C=O) groups is 1. The predicted molar refractivity (Wildman–Crippen MR) is 63.4 cm³/mol. The molecule has 0 radical (unpaired) electrons. The summed E-state index contributed by atoms with van der Waals surface area (Å²) < 4.78 is 5.01. The molecule has 0 heterocycles. The van der Waals surface area contributed by atoms with Crippen molar-refractivity contribution in [3.05, 3.63) is 10.1 Å². The van der Waals surface area contributed by atoms with E-state index in [0.717, 1.165) is 18.8 Å². The molecule has 100 valence electrons. The van der Waals surface area contributed by atoms with Gasteiger partial charge in [0.25, 0.3) is 0 Å². The molecule has 0 aliphatic heterocycles. The molecule has 18 heavy (non-hydrogen) atoms. The van der Waals surface area contributed by atoms with E-state index in [4.69, 9.17) is 4.74 Å². The number of nitrogens with zero attached hydrogens (tertiary/aromatic N) is 1. The molecule has 5 atom stereocenters. The molecule has 0 spiro atoms. The molecule has 3 aliphatic rings. The van der Waals surface area contributed by atoms with Crippen LogP contribution in [0.3, 0.4) is 0 Å². The summed E-state index contributed by atoms with van der Waals surface area (Å²) in [6.07, 6.45) is 3.67. The fourth-order valence-corrected chi connectivity index (χ4v) is 5.10. The van der Waals surface area contributed by atoms with Crippen LogP contribution in [0.15, 0.2) is 0 Å². The Kier molecular flexibility index (Phi) is 2.61. The van der Waals surface area contributed by atoms with Gasteiger partial charge in [0.15, 0.2) is 0 Å². The van der Waals surface area contributed by atoms with Gasteiger partial charge >= 0.3 is 5.97 Å². The summed E-state index contributed by atoms with van der Waals surface area (Å²) in [6.45, 7) is 2.08. The maximum atomic E-state index is 11.7. The van der Waals surface area contributed by atoms with Crippen molar-refractivity contribution in [1.29, 1.82) is 0 Å². The van der Waals surface area contributed by atoms with Gasteiger partial charge in [-0.15, -0.1) is 0 Å². The van der Waals surface area contributed by atoms with Gasteiger partial charge in [-0.05, 0) is 49.9 Å². The van der Waals surface area contributed by atoms with E-state index in [1.54, 1.807) is 6.92 Å². The zero-order valence-electron chi connectivity index (χ0n) is 10.6. The highest BCUT2D eigenvalue weighted by molar-refractivity contribution is 5.70. The molecule has 5 nitrogen and oxygen atoms in total. The first-order chi connectivity index (χ1) is 8.56. The van der Waals surface area contributed by atoms with Crippen LogP contribution in [0.2, 0.25) is 0 Å². The highest BCUT2D eigenvalue weighted by Crippen LogP contribution is 2.73. The summed E-state index contributed by atoms with van der Waals surface area (Å²) in [6, 6.07) is 0. The molecule has 0 saturated heterocycles. The fraction of sp³-hybridized carbons (Fsp3) is 0.923. The number of nitro groups is 1. The zero-order valence-corrected chi connectivity index (χ0v) is 10.6. The van der Waals surface area contributed by atoms with Crippen LogP contribution in [0.4, 0.5) is 0 Å². The minimum Gasteiger partial charge on any atom is -0.466 e. The average Bonchev–Trinajstić information content (AvgIpc) is 2.84. The Balaban J connectivity index is 1.78. The molecule has 0 amide bonds. The molecule has 0 aromatic carbocycles. The van der Waals surface area contributed by atoms with Gasteiger partial charge in [0.05, 0.1) is 18.4 Å². The van der Waals surface area contributed by atoms with Crippen LogP contribution >= 0.6 is 0 Å². The maximum absolute atomic E-state index is 11.7. The number of hydrogen-bond donors (Lipinski definition) is 0. The van der Waals surface area contributed by atoms with Crippen molar-refractivity contribution < 1.29 is 14.5 Å². The summed E-state index contributed by atoms with van der Waals surface area (Å²) in [5.41, 5.74) is -0.382. The van der Waals surface area contributed by atoms with Crippen LogP contribution in [0.25, 0.3) is 0 Å². The van der Waals surface area contributed by atoms with Crippen molar-refractivity contribution in [3.63, 3.8) is 0 Å². The summed E-state index contributed by atoms with van der Waals surface area (Å²) in [7, 11) is 0. The normalized spacial score (nSPS) is 43.6. The van der Waals surface area contributed by atoms with E-state index in [2.05, 4.69) is 0 Å². The Morgan fingerprint density at radius 1 is 1.39 bits per heavy atom. The third-order valence-electron chi connectivity index (χ3n) is 5.49. The van der Waals surface area contributed by atoms with E-state index in [1.165, 1.54) is 6.42 Å². The quantitative estimate of drug-likeness (QED) is 0.426. The highest BCUT2D eigenvalue weighted by Gasteiger charge is 2.71. The average molecular weight is 253 g/mol. The summed E-state index contributed by atoms with van der Waals surface area (Å²) in [4.78, 5) is 22.5. The van der Waals surface area contributed by atoms with Gasteiger partial charge in [0.1, 0.15) is 0 Å². The van der Waals surface area contributed by atoms with Crippen molar-refractivity contribution in [2.24, 2.45) is 29.1 Å². The Morgan fingerprint density at radius 3 is 2.50 bits per heavy atom. The van der Waals surface area contributed by atoms with E-state index in [9.17, 15) is 14.9 Å². The molecule has 3 rings (SSSR count). The largest absolute Gasteiger partial charge is 0.466 e. The third kappa shape index (κ3) is 1.49. The standard InChI is InChI=1S/C13H19NO4/c1-2-18-12(15)6-13(7-14(16)17)10-4-8-3-9(10)11(13)5-8/h8-11H,2-7H2,1H3/t8?,9?,10-,11+,13?. The van der Waals surface area contributed by atoms with Crippen LogP contribution in [-0.4, -0.2) is 24.0 Å². The molecular formula is C13H19NO4. The van der Waals surface area contributed by atoms with Crippen molar-refractivity contribution in [2.75, 3.05) is 13.2 Å². The topological polar surface area (TPSA) is 69.4 Å². The molecule has 3 aliphatic carbocycles. The first kappa shape index (κ1) is 11.9. The van der Waals surface area contributed by atoms with Gasteiger partial charge in [-0.25, -0.2) is 0 Å². The smallest absolute Gasteiger partial charge is 0.306 e. The van der Waals surface area contributed by atoms with Crippen molar-refractivity contribution in [1.82, 2.24) is 0 Å². The maximum Gasteiger partial charge on any atom is 0.306 e. The van der Waals surface area contributed by atoms with Gasteiger partial charge in [0, 0.05) is 4.92 Å². The molecule has 3 unspecified atom stereocenters. The number of hydrogen-bond acceptors (Lipinski definition) is 4. The molecule has 3 fully saturated rings. The molecule has 3 saturated carbocycles. The van der Waals surface area contributed by atoms with Gasteiger partial charge in [-0.2, -0.15) is 0 Å². The fourth-order valence-electron chi connectivity index (χ4n) is 5.10. The number of rotatable bonds is 5. The van der Waals surface area contributed by atoms with E-state index in [1.807, 2.05) is 0 Å². The van der Waals surface area contributed by atoms with Crippen molar-refractivity contribution in [3.8, 4) is 0 Å². The number of esters is 1. The minimum atomic E-state index is -0.382. The van der Waals surface area contributed by atoms with Crippen LogP contribution in [0.5, 0.6) is 0 Å². The van der Waals surface area contributed by atoms with Gasteiger partial charge in [-0.3, -0.25) is 14.9 Å². The predicted octanol–water partition coefficient (Wildman–Crippen LogP) is 1.88. The van der Waals surface area contributed by atoms with E-state index in [-0.39, 0.29) is 29.3 Å². The Hall–Kier alpha value is -1.13. The van der Waals surface area contributed by atoms with Gasteiger partial charge < -0.3 is 4.74 Å². The number of ether oxygens (including phenoxy) is 1. The minimum absolute atomic E-state index is 0.0512. The van der Waals surface area contributed by atoms with Crippen molar-refractivity contribution >= 4 is 5.97 Å². The Labute approximate surface area is 106 Å². The number of carbonyl (C=O) groups excluding carboxylic acids is 1.